The molecule has 0 bridgehead atoms. The van der Waals surface area contributed by atoms with E-state index in [9.17, 15) is 4.79 Å². The van der Waals surface area contributed by atoms with Crippen LogP contribution in [0, 0.1) is 0 Å². The summed E-state index contributed by atoms with van der Waals surface area (Å²) in [6.45, 7) is 3.62. The van der Waals surface area contributed by atoms with Crippen LogP contribution in [0.5, 0.6) is 0 Å². The highest BCUT2D eigenvalue weighted by Crippen LogP contribution is 2.20. The molecule has 0 heterocycles. The summed E-state index contributed by atoms with van der Waals surface area (Å²) in [6.07, 6.45) is 2.00. The lowest BCUT2D eigenvalue weighted by Crippen LogP contribution is -1.91. The second kappa shape index (κ2) is 4.27. The average molecular weight is 150 g/mol. The maximum absolute atomic E-state index is 10.4. The van der Waals surface area contributed by atoms with Crippen LogP contribution in [0.15, 0.2) is 0 Å². The summed E-state index contributed by atoms with van der Waals surface area (Å²) >= 11 is 3.07. The second-order valence-electron chi connectivity index (χ2n) is 1.41. The van der Waals surface area contributed by atoms with Crippen molar-refractivity contribution in [2.24, 2.45) is 0 Å². The summed E-state index contributed by atoms with van der Waals surface area (Å²) in [7, 11) is 0. The van der Waals surface area contributed by atoms with Gasteiger partial charge in [-0.1, -0.05) is 11.8 Å². The number of thioether (sulfide) groups is 2. The first-order valence-corrected chi connectivity index (χ1v) is 4.53. The Morgan fingerprint density at radius 1 is 1.62 bits per heavy atom. The molecule has 0 aliphatic carbocycles. The number of carbonyl (C=O) groups excluding carboxylic acids is 1. The lowest BCUT2D eigenvalue weighted by molar-refractivity contribution is -0.109. The van der Waals surface area contributed by atoms with Gasteiger partial charge in [-0.2, -0.15) is 11.8 Å². The zero-order valence-corrected chi connectivity index (χ0v) is 6.94. The van der Waals surface area contributed by atoms with E-state index in [1.807, 2.05) is 13.2 Å². The van der Waals surface area contributed by atoms with Gasteiger partial charge in [0.05, 0.1) is 4.58 Å². The predicted molar refractivity (Wildman–Crippen MR) is 41.2 cm³/mol. The quantitative estimate of drug-likeness (QED) is 0.560. The van der Waals surface area contributed by atoms with Crippen molar-refractivity contribution in [1.82, 2.24) is 0 Å². The van der Waals surface area contributed by atoms with Gasteiger partial charge in [0.2, 0.25) is 0 Å². The molecular weight excluding hydrogens is 140 g/mol. The van der Waals surface area contributed by atoms with Crippen LogP contribution >= 0.6 is 23.5 Å². The van der Waals surface area contributed by atoms with Crippen LogP contribution in [-0.2, 0) is 4.79 Å². The van der Waals surface area contributed by atoms with E-state index in [0.717, 1.165) is 0 Å². The van der Waals surface area contributed by atoms with Gasteiger partial charge in [-0.05, 0) is 13.2 Å². The van der Waals surface area contributed by atoms with E-state index >= 15 is 0 Å². The van der Waals surface area contributed by atoms with Gasteiger partial charge < -0.3 is 0 Å². The molecule has 0 fully saturated rings. The molecule has 3 heteroatoms. The van der Waals surface area contributed by atoms with E-state index < -0.39 is 0 Å². The van der Waals surface area contributed by atoms with Crippen molar-refractivity contribution < 1.29 is 4.79 Å². The molecule has 0 aromatic carbocycles. The van der Waals surface area contributed by atoms with Gasteiger partial charge in [0, 0.05) is 6.92 Å². The molecule has 0 saturated carbocycles. The smallest absolute Gasteiger partial charge is 0.186 e. The first-order valence-electron chi connectivity index (χ1n) is 2.37. The van der Waals surface area contributed by atoms with Gasteiger partial charge in [-0.3, -0.25) is 4.79 Å². The minimum absolute atomic E-state index is 0.201. The van der Waals surface area contributed by atoms with Crippen molar-refractivity contribution in [1.29, 1.82) is 0 Å². The lowest BCUT2D eigenvalue weighted by atomic mass is 10.9. The summed E-state index contributed by atoms with van der Waals surface area (Å²) in [6, 6.07) is 0. The number of hydrogen-bond acceptors (Lipinski definition) is 3. The van der Waals surface area contributed by atoms with Crippen molar-refractivity contribution >= 4 is 28.6 Å². The van der Waals surface area contributed by atoms with Crippen LogP contribution in [0.2, 0.25) is 0 Å². The average Bonchev–Trinajstić information content (AvgIpc) is 1.65. The second-order valence-corrected chi connectivity index (χ2v) is 4.41. The molecule has 0 aromatic heterocycles. The maximum Gasteiger partial charge on any atom is 0.186 e. The lowest BCUT2D eigenvalue weighted by Gasteiger charge is -2.01. The largest absolute Gasteiger partial charge is 0.288 e. The van der Waals surface area contributed by atoms with Crippen molar-refractivity contribution in [3.8, 4) is 0 Å². The van der Waals surface area contributed by atoms with E-state index in [1.54, 1.807) is 18.7 Å². The topological polar surface area (TPSA) is 17.1 Å². The number of hydrogen-bond donors (Lipinski definition) is 0. The fourth-order valence-electron chi connectivity index (χ4n) is 0.282. The van der Waals surface area contributed by atoms with E-state index in [-0.39, 0.29) is 5.12 Å². The monoisotopic (exact) mass is 150 g/mol. The minimum atomic E-state index is 0.201. The highest BCUT2D eigenvalue weighted by Gasteiger charge is 2.01. The Balaban J connectivity index is 3.24. The fourth-order valence-corrected chi connectivity index (χ4v) is 1.54. The number of carbonyl (C=O) groups is 1. The third-order valence-corrected chi connectivity index (χ3v) is 2.86. The molecular formula is C5H10OS2. The molecule has 0 aromatic rings. The summed E-state index contributed by atoms with van der Waals surface area (Å²) in [5, 5.41) is 0.201. The molecule has 1 nitrogen and oxygen atoms in total. The Kier molecular flexibility index (Phi) is 4.47. The van der Waals surface area contributed by atoms with E-state index in [1.165, 1.54) is 11.8 Å². The van der Waals surface area contributed by atoms with Crippen LogP contribution in [0.4, 0.5) is 0 Å². The molecule has 0 aliphatic heterocycles. The molecule has 0 spiro atoms. The molecule has 48 valence electrons. The van der Waals surface area contributed by atoms with Crippen molar-refractivity contribution in [3.05, 3.63) is 0 Å². The molecule has 1 atom stereocenters. The summed E-state index contributed by atoms with van der Waals surface area (Å²) in [5.41, 5.74) is 0. The summed E-state index contributed by atoms with van der Waals surface area (Å²) in [5.74, 6) is 0. The molecule has 1 unspecified atom stereocenters. The van der Waals surface area contributed by atoms with E-state index in [0.29, 0.717) is 4.58 Å². The van der Waals surface area contributed by atoms with Crippen LogP contribution < -0.4 is 0 Å². The molecule has 0 N–H and O–H groups in total. The zero-order valence-electron chi connectivity index (χ0n) is 5.30. The van der Waals surface area contributed by atoms with Gasteiger partial charge in [-0.25, -0.2) is 0 Å². The molecule has 0 radical (unpaired) electrons. The molecule has 0 saturated heterocycles. The van der Waals surface area contributed by atoms with Crippen LogP contribution in [0.1, 0.15) is 13.8 Å². The Labute approximate surface area is 58.6 Å². The SMILES string of the molecule is CSC(C)SC(C)=O. The van der Waals surface area contributed by atoms with Crippen molar-refractivity contribution in [3.63, 3.8) is 0 Å². The van der Waals surface area contributed by atoms with Gasteiger partial charge in [0.15, 0.2) is 5.12 Å². The van der Waals surface area contributed by atoms with E-state index in [4.69, 9.17) is 0 Å². The molecule has 0 amide bonds. The Hall–Kier alpha value is 0.370. The van der Waals surface area contributed by atoms with Crippen molar-refractivity contribution in [2.75, 3.05) is 6.26 Å². The first-order chi connectivity index (χ1) is 3.66. The Bertz CT molecular complexity index is 82.5. The van der Waals surface area contributed by atoms with Crippen LogP contribution in [-0.4, -0.2) is 16.0 Å². The Morgan fingerprint density at radius 3 is 2.25 bits per heavy atom. The summed E-state index contributed by atoms with van der Waals surface area (Å²) < 4.78 is 0.410. The predicted octanol–water partition coefficient (Wildman–Crippen LogP) is 1.98. The fraction of sp³-hybridized carbons (Fsp3) is 0.800. The van der Waals surface area contributed by atoms with Crippen LogP contribution in [0.3, 0.4) is 0 Å². The molecule has 0 aliphatic rings. The van der Waals surface area contributed by atoms with Gasteiger partial charge in [-0.15, -0.1) is 0 Å². The first kappa shape index (κ1) is 8.37. The highest BCUT2D eigenvalue weighted by molar-refractivity contribution is 8.24. The van der Waals surface area contributed by atoms with Crippen molar-refractivity contribution in [2.45, 2.75) is 18.4 Å². The van der Waals surface area contributed by atoms with E-state index in [2.05, 4.69) is 0 Å². The van der Waals surface area contributed by atoms with Gasteiger partial charge >= 0.3 is 0 Å². The normalized spacial score (nSPS) is 13.4. The highest BCUT2D eigenvalue weighted by atomic mass is 32.2. The third kappa shape index (κ3) is 4.53. The maximum atomic E-state index is 10.4. The third-order valence-electron chi connectivity index (χ3n) is 0.664. The Morgan fingerprint density at radius 2 is 2.12 bits per heavy atom. The minimum Gasteiger partial charge on any atom is -0.288 e. The van der Waals surface area contributed by atoms with Gasteiger partial charge in [0.1, 0.15) is 0 Å². The standard InChI is InChI=1S/C5H10OS2/c1-4(6)8-5(2)7-3/h5H,1-3H3. The zero-order chi connectivity index (χ0) is 6.57. The number of rotatable bonds is 2. The molecule has 8 heavy (non-hydrogen) atoms. The van der Waals surface area contributed by atoms with Gasteiger partial charge in [0.25, 0.3) is 0 Å². The summed E-state index contributed by atoms with van der Waals surface area (Å²) in [4.78, 5) is 10.4. The van der Waals surface area contributed by atoms with Crippen LogP contribution in [0.25, 0.3) is 0 Å². The molecule has 0 rings (SSSR count).